The zero-order chi connectivity index (χ0) is 21.2. The van der Waals surface area contributed by atoms with Crippen molar-refractivity contribution in [1.29, 1.82) is 0 Å². The van der Waals surface area contributed by atoms with Crippen LogP contribution in [0.2, 0.25) is 0 Å². The van der Waals surface area contributed by atoms with Gasteiger partial charge in [0.25, 0.3) is 0 Å². The number of carbonyl (C=O) groups is 1. The zero-order valence-electron chi connectivity index (χ0n) is 17.0. The molecular weight excluding hydrogens is 376 g/mol. The summed E-state index contributed by atoms with van der Waals surface area (Å²) in [5.74, 6) is -0.795. The summed E-state index contributed by atoms with van der Waals surface area (Å²) in [5.41, 5.74) is 6.29. The number of carboxylic acids is 1. The SMILES string of the molecule is C/C(=N/OCc1cccc(-c2ccccc2)c1)c1ccc(CNCCC(=O)O)cc1. The molecule has 2 N–H and O–H groups in total. The van der Waals surface area contributed by atoms with Gasteiger partial charge in [0.1, 0.15) is 6.61 Å². The Hall–Kier alpha value is -3.44. The molecule has 0 aliphatic carbocycles. The first kappa shape index (κ1) is 21.3. The van der Waals surface area contributed by atoms with Crippen LogP contribution in [0.5, 0.6) is 0 Å². The molecule has 0 radical (unpaired) electrons. The summed E-state index contributed by atoms with van der Waals surface area (Å²) in [6, 6.07) is 26.5. The van der Waals surface area contributed by atoms with E-state index in [9.17, 15) is 4.79 Å². The molecule has 30 heavy (non-hydrogen) atoms. The van der Waals surface area contributed by atoms with Crippen LogP contribution in [0.1, 0.15) is 30.0 Å². The Balaban J connectivity index is 1.52. The fourth-order valence-electron chi connectivity index (χ4n) is 3.02. The highest BCUT2D eigenvalue weighted by molar-refractivity contribution is 5.98. The number of carboxylic acid groups (broad SMARTS) is 1. The summed E-state index contributed by atoms with van der Waals surface area (Å²) in [6.07, 6.45) is 0.120. The average Bonchev–Trinajstić information content (AvgIpc) is 2.78. The minimum atomic E-state index is -0.795. The van der Waals surface area contributed by atoms with E-state index in [1.807, 2.05) is 61.5 Å². The third kappa shape index (κ3) is 6.57. The maximum absolute atomic E-state index is 10.5. The molecule has 154 valence electrons. The fraction of sp³-hybridized carbons (Fsp3) is 0.200. The van der Waals surface area contributed by atoms with Crippen molar-refractivity contribution in [2.75, 3.05) is 6.54 Å². The Morgan fingerprint density at radius 2 is 1.67 bits per heavy atom. The number of benzene rings is 3. The van der Waals surface area contributed by atoms with Gasteiger partial charge in [0.2, 0.25) is 0 Å². The Morgan fingerprint density at radius 3 is 2.40 bits per heavy atom. The van der Waals surface area contributed by atoms with Gasteiger partial charge in [-0.25, -0.2) is 0 Å². The van der Waals surface area contributed by atoms with E-state index in [0.717, 1.165) is 28.0 Å². The maximum atomic E-state index is 10.5. The molecule has 0 spiro atoms. The topological polar surface area (TPSA) is 70.9 Å². The number of aliphatic carboxylic acids is 1. The molecule has 5 nitrogen and oxygen atoms in total. The molecule has 0 atom stereocenters. The van der Waals surface area contributed by atoms with E-state index in [1.165, 1.54) is 5.56 Å². The summed E-state index contributed by atoms with van der Waals surface area (Å²) in [6.45, 7) is 3.42. The van der Waals surface area contributed by atoms with Gasteiger partial charge in [0.05, 0.1) is 12.1 Å². The molecular formula is C25H26N2O3. The molecule has 0 amide bonds. The lowest BCUT2D eigenvalue weighted by atomic mass is 10.0. The average molecular weight is 402 g/mol. The van der Waals surface area contributed by atoms with E-state index in [-0.39, 0.29) is 6.42 Å². The van der Waals surface area contributed by atoms with Gasteiger partial charge in [-0.2, -0.15) is 0 Å². The van der Waals surface area contributed by atoms with E-state index >= 15 is 0 Å². The number of nitrogens with one attached hydrogen (secondary N) is 1. The molecule has 0 heterocycles. The van der Waals surface area contributed by atoms with Gasteiger partial charge in [-0.05, 0) is 40.8 Å². The highest BCUT2D eigenvalue weighted by Gasteiger charge is 2.02. The second-order valence-corrected chi connectivity index (χ2v) is 7.03. The van der Waals surface area contributed by atoms with Crippen molar-refractivity contribution < 1.29 is 14.7 Å². The van der Waals surface area contributed by atoms with E-state index in [0.29, 0.717) is 19.7 Å². The van der Waals surface area contributed by atoms with Crippen molar-refractivity contribution in [2.45, 2.75) is 26.5 Å². The summed E-state index contributed by atoms with van der Waals surface area (Å²) < 4.78 is 0. The van der Waals surface area contributed by atoms with Gasteiger partial charge in [0.15, 0.2) is 0 Å². The molecule has 3 rings (SSSR count). The van der Waals surface area contributed by atoms with Gasteiger partial charge < -0.3 is 15.3 Å². The Kier molecular flexibility index (Phi) is 7.75. The number of nitrogens with zero attached hydrogens (tertiary/aromatic N) is 1. The molecule has 5 heteroatoms. The Bertz CT molecular complexity index is 983. The van der Waals surface area contributed by atoms with Crippen molar-refractivity contribution in [3.05, 3.63) is 95.6 Å². The van der Waals surface area contributed by atoms with Crippen LogP contribution in [0.15, 0.2) is 84.0 Å². The molecule has 0 fully saturated rings. The van der Waals surface area contributed by atoms with E-state index in [1.54, 1.807) is 0 Å². The molecule has 3 aromatic carbocycles. The minimum Gasteiger partial charge on any atom is -0.481 e. The quantitative estimate of drug-likeness (QED) is 0.289. The molecule has 0 saturated carbocycles. The third-order valence-electron chi connectivity index (χ3n) is 4.68. The van der Waals surface area contributed by atoms with Gasteiger partial charge in [0, 0.05) is 13.1 Å². The van der Waals surface area contributed by atoms with Crippen molar-refractivity contribution in [3.8, 4) is 11.1 Å². The molecule has 0 aromatic heterocycles. The lowest BCUT2D eigenvalue weighted by Gasteiger charge is -2.07. The van der Waals surface area contributed by atoms with Crippen molar-refractivity contribution in [1.82, 2.24) is 5.32 Å². The normalized spacial score (nSPS) is 11.3. The molecule has 0 saturated heterocycles. The number of hydrogen-bond acceptors (Lipinski definition) is 4. The smallest absolute Gasteiger partial charge is 0.304 e. The third-order valence-corrected chi connectivity index (χ3v) is 4.68. The first-order valence-electron chi connectivity index (χ1n) is 9.94. The van der Waals surface area contributed by atoms with Crippen molar-refractivity contribution in [2.24, 2.45) is 5.16 Å². The first-order valence-corrected chi connectivity index (χ1v) is 9.94. The molecule has 0 bridgehead atoms. The van der Waals surface area contributed by atoms with E-state index in [2.05, 4.69) is 34.7 Å². The van der Waals surface area contributed by atoms with Crippen LogP contribution in [0.3, 0.4) is 0 Å². The van der Waals surface area contributed by atoms with Crippen LogP contribution in [0, 0.1) is 0 Å². The minimum absolute atomic E-state index is 0.120. The molecule has 0 aliphatic rings. The van der Waals surface area contributed by atoms with Crippen molar-refractivity contribution >= 4 is 11.7 Å². The highest BCUT2D eigenvalue weighted by atomic mass is 16.6. The summed E-state index contributed by atoms with van der Waals surface area (Å²) in [4.78, 5) is 16.1. The highest BCUT2D eigenvalue weighted by Crippen LogP contribution is 2.20. The van der Waals surface area contributed by atoms with Crippen LogP contribution in [0.4, 0.5) is 0 Å². The maximum Gasteiger partial charge on any atom is 0.304 e. The largest absolute Gasteiger partial charge is 0.481 e. The second-order valence-electron chi connectivity index (χ2n) is 7.03. The zero-order valence-corrected chi connectivity index (χ0v) is 17.0. The second kappa shape index (κ2) is 10.9. The number of oxime groups is 1. The number of rotatable bonds is 10. The van der Waals surface area contributed by atoms with Crippen LogP contribution in [0.25, 0.3) is 11.1 Å². The Labute approximate surface area is 177 Å². The molecule has 0 unspecified atom stereocenters. The predicted octanol–water partition coefficient (Wildman–Crippen LogP) is 4.86. The summed E-state index contributed by atoms with van der Waals surface area (Å²) in [5, 5.41) is 16.0. The lowest BCUT2D eigenvalue weighted by Crippen LogP contribution is -2.17. The monoisotopic (exact) mass is 402 g/mol. The van der Waals surface area contributed by atoms with Crippen LogP contribution in [-0.2, 0) is 22.8 Å². The van der Waals surface area contributed by atoms with Gasteiger partial charge >= 0.3 is 5.97 Å². The standard InChI is InChI=1S/C25H26N2O3/c1-19(22-12-10-20(11-13-22)17-26-15-14-25(28)29)27-30-18-21-6-5-9-24(16-21)23-7-3-2-4-8-23/h2-13,16,26H,14-15,17-18H2,1H3,(H,28,29)/b27-19-. The van der Waals surface area contributed by atoms with Crippen molar-refractivity contribution in [3.63, 3.8) is 0 Å². The first-order chi connectivity index (χ1) is 14.6. The molecule has 0 aliphatic heterocycles. The lowest BCUT2D eigenvalue weighted by molar-refractivity contribution is -0.136. The number of hydrogen-bond donors (Lipinski definition) is 2. The van der Waals surface area contributed by atoms with Crippen LogP contribution in [-0.4, -0.2) is 23.3 Å². The van der Waals surface area contributed by atoms with Crippen LogP contribution < -0.4 is 5.32 Å². The predicted molar refractivity (Wildman–Crippen MR) is 119 cm³/mol. The van der Waals surface area contributed by atoms with E-state index in [4.69, 9.17) is 9.94 Å². The van der Waals surface area contributed by atoms with Crippen LogP contribution >= 0.6 is 0 Å². The van der Waals surface area contributed by atoms with E-state index < -0.39 is 5.97 Å². The molecule has 3 aromatic rings. The van der Waals surface area contributed by atoms with Gasteiger partial charge in [-0.3, -0.25) is 4.79 Å². The Morgan fingerprint density at radius 1 is 0.933 bits per heavy atom. The fourth-order valence-corrected chi connectivity index (χ4v) is 3.02. The van der Waals surface area contributed by atoms with Gasteiger partial charge in [-0.15, -0.1) is 0 Å². The summed E-state index contributed by atoms with van der Waals surface area (Å²) >= 11 is 0. The van der Waals surface area contributed by atoms with Gasteiger partial charge in [-0.1, -0.05) is 78.0 Å². The summed E-state index contributed by atoms with van der Waals surface area (Å²) in [7, 11) is 0.